The minimum absolute atomic E-state index is 0. The second-order valence-corrected chi connectivity index (χ2v) is 8.31. The highest BCUT2D eigenvalue weighted by Crippen LogP contribution is 2.27. The lowest BCUT2D eigenvalue weighted by molar-refractivity contribution is -0.116. The van der Waals surface area contributed by atoms with E-state index in [1.807, 2.05) is 75.6 Å². The molecule has 4 rings (SSSR count). The molecular weight excluding hydrogens is 440 g/mol. The van der Waals surface area contributed by atoms with Crippen molar-refractivity contribution >= 4 is 34.1 Å². The third-order valence-electron chi connectivity index (χ3n) is 5.04. The maximum Gasteiger partial charge on any atom is 0.255 e. The first-order valence-electron chi connectivity index (χ1n) is 10.9. The molecule has 0 radical (unpaired) electrons. The van der Waals surface area contributed by atoms with Crippen LogP contribution in [0.2, 0.25) is 0 Å². The SMILES string of the molecule is C.Cc1cccc(NC(=O)c2ccc3ccc(Oc4ccnc(NC(=O)CN(C)C)c4)cc3c2)c1. The second kappa shape index (κ2) is 11.3. The summed E-state index contributed by atoms with van der Waals surface area (Å²) in [6, 6.07) is 22.3. The molecule has 0 fully saturated rings. The molecule has 180 valence electrons. The smallest absolute Gasteiger partial charge is 0.255 e. The van der Waals surface area contributed by atoms with E-state index in [1.165, 1.54) is 0 Å². The van der Waals surface area contributed by atoms with Crippen LogP contribution in [0.4, 0.5) is 11.5 Å². The van der Waals surface area contributed by atoms with Gasteiger partial charge in [0, 0.05) is 23.5 Å². The number of carbonyl (C=O) groups excluding carboxylic acids is 2. The summed E-state index contributed by atoms with van der Waals surface area (Å²) in [7, 11) is 3.65. The van der Waals surface area contributed by atoms with Crippen LogP contribution in [-0.2, 0) is 4.79 Å². The Morgan fingerprint density at radius 3 is 2.43 bits per heavy atom. The van der Waals surface area contributed by atoms with Gasteiger partial charge in [0.15, 0.2) is 0 Å². The number of aryl methyl sites for hydroxylation is 1. The first-order valence-corrected chi connectivity index (χ1v) is 10.9. The van der Waals surface area contributed by atoms with Crippen molar-refractivity contribution < 1.29 is 14.3 Å². The monoisotopic (exact) mass is 470 g/mol. The van der Waals surface area contributed by atoms with Crippen LogP contribution >= 0.6 is 0 Å². The van der Waals surface area contributed by atoms with E-state index in [-0.39, 0.29) is 25.8 Å². The van der Waals surface area contributed by atoms with Crippen LogP contribution in [-0.4, -0.2) is 42.3 Å². The molecule has 0 unspecified atom stereocenters. The maximum absolute atomic E-state index is 12.8. The van der Waals surface area contributed by atoms with Crippen LogP contribution in [0.5, 0.6) is 11.5 Å². The van der Waals surface area contributed by atoms with Crippen LogP contribution in [0.15, 0.2) is 79.0 Å². The molecule has 2 amide bonds. The van der Waals surface area contributed by atoms with E-state index in [0.717, 1.165) is 22.0 Å². The zero-order valence-corrected chi connectivity index (χ0v) is 19.3. The third-order valence-corrected chi connectivity index (χ3v) is 5.04. The summed E-state index contributed by atoms with van der Waals surface area (Å²) in [4.78, 5) is 30.7. The standard InChI is InChI=1S/C27H26N4O3.CH4/c1-18-5-4-6-22(13-18)29-27(33)20-8-7-19-9-10-23(15-21(19)14-20)34-24-11-12-28-25(16-24)30-26(32)17-31(2)3;/h4-16H,17H2,1-3H3,(H,29,33)(H,28,30,32);1H4. The Balaban J connectivity index is 0.00000342. The number of carbonyl (C=O) groups is 2. The highest BCUT2D eigenvalue weighted by Gasteiger charge is 2.09. The van der Waals surface area contributed by atoms with E-state index < -0.39 is 0 Å². The summed E-state index contributed by atoms with van der Waals surface area (Å²) in [5, 5.41) is 7.56. The van der Waals surface area contributed by atoms with Gasteiger partial charge in [0.25, 0.3) is 5.91 Å². The highest BCUT2D eigenvalue weighted by molar-refractivity contribution is 6.06. The van der Waals surface area contributed by atoms with Gasteiger partial charge in [0.2, 0.25) is 5.91 Å². The number of aromatic nitrogens is 1. The number of nitrogens with one attached hydrogen (secondary N) is 2. The van der Waals surface area contributed by atoms with Crippen molar-refractivity contribution in [2.75, 3.05) is 31.3 Å². The molecule has 0 aliphatic heterocycles. The molecule has 7 nitrogen and oxygen atoms in total. The molecule has 7 heteroatoms. The van der Waals surface area contributed by atoms with Crippen molar-refractivity contribution in [2.45, 2.75) is 14.4 Å². The summed E-state index contributed by atoms with van der Waals surface area (Å²) >= 11 is 0. The Morgan fingerprint density at radius 1 is 0.886 bits per heavy atom. The van der Waals surface area contributed by atoms with Gasteiger partial charge in [-0.3, -0.25) is 9.59 Å². The fourth-order valence-corrected chi connectivity index (χ4v) is 3.50. The molecule has 4 aromatic rings. The molecule has 0 saturated heterocycles. The van der Waals surface area contributed by atoms with Gasteiger partial charge in [-0.2, -0.15) is 0 Å². The van der Waals surface area contributed by atoms with E-state index in [2.05, 4.69) is 15.6 Å². The number of benzene rings is 3. The predicted molar refractivity (Wildman–Crippen MR) is 141 cm³/mol. The number of fused-ring (bicyclic) bond motifs is 1. The third kappa shape index (κ3) is 6.88. The van der Waals surface area contributed by atoms with Crippen LogP contribution < -0.4 is 15.4 Å². The number of pyridine rings is 1. The first kappa shape index (κ1) is 25.4. The van der Waals surface area contributed by atoms with Crippen molar-refractivity contribution in [3.63, 3.8) is 0 Å². The lowest BCUT2D eigenvalue weighted by Crippen LogP contribution is -2.27. The predicted octanol–water partition coefficient (Wildman–Crippen LogP) is 5.72. The maximum atomic E-state index is 12.8. The average Bonchev–Trinajstić information content (AvgIpc) is 2.78. The number of hydrogen-bond donors (Lipinski definition) is 2. The lowest BCUT2D eigenvalue weighted by Gasteiger charge is -2.11. The number of amides is 2. The van der Waals surface area contributed by atoms with Crippen LogP contribution in [0.3, 0.4) is 0 Å². The summed E-state index contributed by atoms with van der Waals surface area (Å²) in [6.07, 6.45) is 1.58. The molecule has 0 bridgehead atoms. The van der Waals surface area contributed by atoms with Gasteiger partial charge in [-0.25, -0.2) is 4.98 Å². The minimum atomic E-state index is -0.175. The molecule has 0 saturated carbocycles. The number of rotatable bonds is 7. The van der Waals surface area contributed by atoms with E-state index in [0.29, 0.717) is 22.9 Å². The Bertz CT molecular complexity index is 1350. The minimum Gasteiger partial charge on any atom is -0.457 e. The summed E-state index contributed by atoms with van der Waals surface area (Å²) < 4.78 is 6.00. The zero-order valence-electron chi connectivity index (χ0n) is 19.3. The van der Waals surface area contributed by atoms with Gasteiger partial charge in [0.05, 0.1) is 6.54 Å². The van der Waals surface area contributed by atoms with Crippen molar-refractivity contribution in [3.05, 3.63) is 90.1 Å². The van der Waals surface area contributed by atoms with Gasteiger partial charge < -0.3 is 20.3 Å². The van der Waals surface area contributed by atoms with Crippen molar-refractivity contribution in [1.82, 2.24) is 9.88 Å². The van der Waals surface area contributed by atoms with Crippen LogP contribution in [0.25, 0.3) is 10.8 Å². The fourth-order valence-electron chi connectivity index (χ4n) is 3.50. The number of hydrogen-bond acceptors (Lipinski definition) is 5. The lowest BCUT2D eigenvalue weighted by atomic mass is 10.1. The van der Waals surface area contributed by atoms with E-state index >= 15 is 0 Å². The molecule has 2 N–H and O–H groups in total. The number of nitrogens with zero attached hydrogens (tertiary/aromatic N) is 2. The average molecular weight is 471 g/mol. The van der Waals surface area contributed by atoms with Crippen molar-refractivity contribution in [1.29, 1.82) is 0 Å². The van der Waals surface area contributed by atoms with Crippen molar-refractivity contribution in [2.24, 2.45) is 0 Å². The molecule has 3 aromatic carbocycles. The molecule has 0 spiro atoms. The first-order chi connectivity index (χ1) is 16.4. The Labute approximate surface area is 205 Å². The molecule has 0 aliphatic carbocycles. The fraction of sp³-hybridized carbons (Fsp3) is 0.179. The summed E-state index contributed by atoms with van der Waals surface area (Å²) in [5.74, 6) is 1.24. The molecule has 1 aromatic heterocycles. The quantitative estimate of drug-likeness (QED) is 0.361. The Kier molecular flexibility index (Phi) is 8.17. The zero-order chi connectivity index (χ0) is 24.1. The molecule has 0 atom stereocenters. The van der Waals surface area contributed by atoms with Crippen LogP contribution in [0.1, 0.15) is 23.3 Å². The van der Waals surface area contributed by atoms with E-state index in [4.69, 9.17) is 4.74 Å². The van der Waals surface area contributed by atoms with E-state index in [9.17, 15) is 9.59 Å². The highest BCUT2D eigenvalue weighted by atomic mass is 16.5. The largest absolute Gasteiger partial charge is 0.457 e. The van der Waals surface area contributed by atoms with Gasteiger partial charge >= 0.3 is 0 Å². The normalized spacial score (nSPS) is 10.5. The molecular formula is C28H30N4O3. The van der Waals surface area contributed by atoms with Gasteiger partial charge in [0.1, 0.15) is 17.3 Å². The number of ether oxygens (including phenoxy) is 1. The molecule has 0 aliphatic rings. The topological polar surface area (TPSA) is 83.6 Å². The Morgan fingerprint density at radius 2 is 1.66 bits per heavy atom. The Hall–Kier alpha value is -4.23. The van der Waals surface area contributed by atoms with Crippen molar-refractivity contribution in [3.8, 4) is 11.5 Å². The van der Waals surface area contributed by atoms with Crippen LogP contribution in [0, 0.1) is 6.92 Å². The number of likely N-dealkylation sites (N-methyl/N-ethyl adjacent to an activating group) is 1. The summed E-state index contributed by atoms with van der Waals surface area (Å²) in [6.45, 7) is 2.24. The van der Waals surface area contributed by atoms with Gasteiger partial charge in [-0.05, 0) is 79.8 Å². The number of anilines is 2. The second-order valence-electron chi connectivity index (χ2n) is 8.31. The molecule has 35 heavy (non-hydrogen) atoms. The van der Waals surface area contributed by atoms with Gasteiger partial charge in [-0.1, -0.05) is 31.7 Å². The van der Waals surface area contributed by atoms with E-state index in [1.54, 1.807) is 29.3 Å². The molecule has 1 heterocycles. The van der Waals surface area contributed by atoms with Gasteiger partial charge in [-0.15, -0.1) is 0 Å². The summed E-state index contributed by atoms with van der Waals surface area (Å²) in [5.41, 5.74) is 2.39.